The first-order chi connectivity index (χ1) is 32.8. The fraction of sp³-hybridized carbons (Fsp3) is 0.765. The minimum atomic E-state index is -0.879. The number of β-amino-alcohol motifs (C(OH)–C–C–N with tert-alkyl or cyclic N) is 1. The van der Waals surface area contributed by atoms with E-state index in [1.807, 2.05) is 0 Å². The zero-order valence-corrected chi connectivity index (χ0v) is 42.8. The highest BCUT2D eigenvalue weighted by Gasteiger charge is 2.73. The van der Waals surface area contributed by atoms with Crippen molar-refractivity contribution in [2.75, 3.05) is 45.9 Å². The van der Waals surface area contributed by atoms with Crippen molar-refractivity contribution in [3.63, 3.8) is 0 Å². The lowest BCUT2D eigenvalue weighted by molar-refractivity contribution is -0.384. The molecule has 1 amide bonds. The average Bonchev–Trinajstić information content (AvgIpc) is 4.28. The van der Waals surface area contributed by atoms with Gasteiger partial charge in [-0.25, -0.2) is 9.59 Å². The number of hydrogen-bond acceptors (Lipinski definition) is 15. The Morgan fingerprint density at radius 3 is 1.61 bits per heavy atom. The van der Waals surface area contributed by atoms with Gasteiger partial charge < -0.3 is 57.7 Å². The van der Waals surface area contributed by atoms with E-state index >= 15 is 0 Å². The van der Waals surface area contributed by atoms with Gasteiger partial charge in [-0.05, 0) is 82.8 Å². The molecule has 396 valence electrons. The number of amides is 1. The van der Waals surface area contributed by atoms with Crippen molar-refractivity contribution in [1.82, 2.24) is 4.90 Å². The summed E-state index contributed by atoms with van der Waals surface area (Å²) in [5, 5.41) is 29.4. The summed E-state index contributed by atoms with van der Waals surface area (Å²) in [7, 11) is 3.27. The summed E-state index contributed by atoms with van der Waals surface area (Å²) in [4.78, 5) is 36.8. The van der Waals surface area contributed by atoms with Gasteiger partial charge in [0.25, 0.3) is 5.69 Å². The van der Waals surface area contributed by atoms with Gasteiger partial charge >= 0.3 is 12.2 Å². The van der Waals surface area contributed by atoms with E-state index in [2.05, 4.69) is 65.8 Å². The second-order valence-electron chi connectivity index (χ2n) is 20.5. The monoisotopic (exact) mass is 1030 g/mol. The van der Waals surface area contributed by atoms with Crippen LogP contribution >= 0.6 is 23.2 Å². The molecule has 3 saturated carbocycles. The maximum Gasteiger partial charge on any atom is 0.514 e. The van der Waals surface area contributed by atoms with Crippen LogP contribution in [0, 0.1) is 33.8 Å². The Balaban J connectivity index is 0.000000220. The average molecular weight is 1030 g/mol. The van der Waals surface area contributed by atoms with E-state index in [1.165, 1.54) is 37.1 Å². The minimum absolute atomic E-state index is 0. The highest BCUT2D eigenvalue weighted by atomic mass is 35.5. The van der Waals surface area contributed by atoms with Crippen LogP contribution in [-0.4, -0.2) is 149 Å². The lowest BCUT2D eigenvalue weighted by Crippen LogP contribution is -2.56. The molecule has 0 bridgehead atoms. The fourth-order valence-corrected chi connectivity index (χ4v) is 10.8. The number of aliphatic hydroxyl groups is 2. The number of nitrogens with zero attached hydrogens (tertiary/aromatic N) is 2. The summed E-state index contributed by atoms with van der Waals surface area (Å²) in [5.41, 5.74) is -1.49. The van der Waals surface area contributed by atoms with Gasteiger partial charge in [-0.1, -0.05) is 72.3 Å². The third-order valence-corrected chi connectivity index (χ3v) is 14.7. The van der Waals surface area contributed by atoms with Gasteiger partial charge in [0, 0.05) is 39.4 Å². The number of ether oxygens (including phenoxy) is 9. The summed E-state index contributed by atoms with van der Waals surface area (Å²) in [6.45, 7) is 14.9. The number of hydrogen-bond donors (Lipinski definition) is 2. The van der Waals surface area contributed by atoms with Crippen LogP contribution in [0.25, 0.3) is 0 Å². The lowest BCUT2D eigenvalue weighted by Gasteiger charge is -2.42. The number of allylic oxidation sites excluding steroid dienone is 2. The third kappa shape index (κ3) is 14.1. The van der Waals surface area contributed by atoms with Gasteiger partial charge in [-0.3, -0.25) is 10.1 Å². The highest BCUT2D eigenvalue weighted by molar-refractivity contribution is 6.40. The molecule has 0 aromatic heterocycles. The van der Waals surface area contributed by atoms with Gasteiger partial charge in [-0.15, -0.1) is 23.2 Å². The SMILES string of the molecule is C.CO[C@H]1C([C@@]2(C)O[C@@H]2/C=C/C(C)C)[C@]2(CC[C@H]1OC(=O)N1CCC(O)C1)CO2.CO[C@H]1C([C@@]2(C)O[C@@H]2/C=C/C(C)C)[C@]2(CC[C@H]1OC(=O)Oc1ccc([N+](=O)[O-])cc1)CO2.ClCCl.OC1CCCC1. The van der Waals surface area contributed by atoms with Crippen molar-refractivity contribution >= 4 is 41.1 Å². The Morgan fingerprint density at radius 1 is 0.800 bits per heavy atom. The Morgan fingerprint density at radius 2 is 1.26 bits per heavy atom. The Bertz CT molecular complexity index is 1930. The normalized spacial score (nSPS) is 36.9. The molecule has 2 N–H and O–H groups in total. The number of likely N-dealkylation sites (tertiary alicyclic amines) is 1. The number of non-ortho nitro benzene ring substituents is 1. The second-order valence-corrected chi connectivity index (χ2v) is 21.3. The predicted octanol–water partition coefficient (Wildman–Crippen LogP) is 9.14. The topological polar surface area (TPSA) is 217 Å². The van der Waals surface area contributed by atoms with Gasteiger partial charge in [0.1, 0.15) is 64.8 Å². The van der Waals surface area contributed by atoms with E-state index in [9.17, 15) is 24.8 Å². The summed E-state index contributed by atoms with van der Waals surface area (Å²) in [6.07, 6.45) is 13.3. The number of rotatable bonds is 12. The second kappa shape index (κ2) is 24.8. The molecule has 8 fully saturated rings. The number of alkyl halides is 2. The molecule has 2 spiro atoms. The Labute approximate surface area is 423 Å². The Hall–Kier alpha value is -3.10. The smallest absolute Gasteiger partial charge is 0.443 e. The van der Waals surface area contributed by atoms with Crippen molar-refractivity contribution in [2.45, 2.75) is 178 Å². The number of epoxide rings is 4. The first kappa shape index (κ1) is 57.8. The molecule has 5 aliphatic heterocycles. The fourth-order valence-electron chi connectivity index (χ4n) is 10.8. The van der Waals surface area contributed by atoms with Gasteiger partial charge in [-0.2, -0.15) is 0 Å². The molecule has 17 nitrogen and oxygen atoms in total. The van der Waals surface area contributed by atoms with Crippen molar-refractivity contribution in [3.05, 3.63) is 58.7 Å². The molecule has 1 aromatic rings. The number of carbonyl (C=O) groups excluding carboxylic acids is 2. The molecule has 3 aliphatic carbocycles. The molecular weight excluding hydrogens is 951 g/mol. The zero-order valence-electron chi connectivity index (χ0n) is 41.3. The van der Waals surface area contributed by atoms with E-state index in [0.29, 0.717) is 57.4 Å². The van der Waals surface area contributed by atoms with Crippen molar-refractivity contribution in [3.8, 4) is 5.75 Å². The van der Waals surface area contributed by atoms with Crippen LogP contribution in [0.2, 0.25) is 0 Å². The quantitative estimate of drug-likeness (QED) is 0.0379. The third-order valence-electron chi connectivity index (χ3n) is 14.7. The summed E-state index contributed by atoms with van der Waals surface area (Å²) in [5.74, 6) is 0.952. The number of nitro benzene ring substituents is 1. The van der Waals surface area contributed by atoms with Crippen LogP contribution in [0.5, 0.6) is 5.75 Å². The molecule has 1 aromatic carbocycles. The van der Waals surface area contributed by atoms with Crippen LogP contribution in [0.15, 0.2) is 48.6 Å². The maximum absolute atomic E-state index is 12.6. The standard InChI is InChI=1S/C23H29NO8.C21H33NO6.C5H10O.CH2Cl2.CH4/c1-14(2)5-10-18-22(3,32-18)20-19(28-4)17(11-12-23(20)13-29-23)31-21(25)30-16-8-6-15(7-9-16)24(26)27;1-13(2)5-6-16-20(3,28-16)18-17(25-4)15(7-9-21(18)12-26-21)27-19(24)22-10-8-14(23)11-22;6-5-3-1-2-4-5;2-1-3;/h5-10,14,17-20H,11-13H2,1-4H3;5-6,13-18,23H,7-12H2,1-4H3;5-6H,1-4H2;1H2;1H4/b10-5+;6-5+;;;/t17-,18-,19-,20?,22+,23+;14?,15-,16-,17-,18?,20+,21+;;;/m11.../s1. The number of carbonyl (C=O) groups is 2. The largest absolute Gasteiger partial charge is 0.514 e. The van der Waals surface area contributed by atoms with Crippen LogP contribution in [0.4, 0.5) is 15.3 Å². The van der Waals surface area contributed by atoms with E-state index in [4.69, 9.17) is 70.9 Å². The van der Waals surface area contributed by atoms with Crippen molar-refractivity contribution < 1.29 is 67.4 Å². The predicted molar refractivity (Wildman–Crippen MR) is 263 cm³/mol. The van der Waals surface area contributed by atoms with Crippen molar-refractivity contribution in [2.24, 2.45) is 23.7 Å². The minimum Gasteiger partial charge on any atom is -0.443 e. The lowest BCUT2D eigenvalue weighted by atomic mass is 9.68. The Kier molecular flexibility index (Phi) is 20.4. The van der Waals surface area contributed by atoms with Gasteiger partial charge in [0.05, 0.1) is 47.5 Å². The molecule has 13 atom stereocenters. The van der Waals surface area contributed by atoms with E-state index in [0.717, 1.165) is 25.7 Å². The molecule has 0 radical (unpaired) electrons. The number of aliphatic hydroxyl groups excluding tert-OH is 2. The summed E-state index contributed by atoms with van der Waals surface area (Å²) < 4.78 is 52.5. The first-order valence-corrected chi connectivity index (χ1v) is 25.5. The van der Waals surface area contributed by atoms with E-state index in [-0.39, 0.29) is 89.5 Å². The molecule has 5 heterocycles. The van der Waals surface area contributed by atoms with E-state index < -0.39 is 35.0 Å². The molecule has 70 heavy (non-hydrogen) atoms. The summed E-state index contributed by atoms with van der Waals surface area (Å²) in [6, 6.07) is 5.24. The van der Waals surface area contributed by atoms with Gasteiger partial charge in [0.2, 0.25) is 0 Å². The molecule has 8 aliphatic rings. The molecule has 3 unspecified atom stereocenters. The highest BCUT2D eigenvalue weighted by Crippen LogP contribution is 2.60. The molecular formula is C51H78Cl2N2O15. The van der Waals surface area contributed by atoms with Gasteiger partial charge in [0.15, 0.2) is 0 Å². The number of nitro groups is 1. The number of methoxy groups -OCH3 is 2. The van der Waals surface area contributed by atoms with Crippen LogP contribution in [-0.2, 0) is 37.9 Å². The number of benzene rings is 1. The number of halogens is 2. The first-order valence-electron chi connectivity index (χ1n) is 24.4. The van der Waals surface area contributed by atoms with Crippen molar-refractivity contribution in [1.29, 1.82) is 0 Å². The summed E-state index contributed by atoms with van der Waals surface area (Å²) >= 11 is 9.53. The maximum atomic E-state index is 12.6. The van der Waals surface area contributed by atoms with Crippen LogP contribution < -0.4 is 4.74 Å². The van der Waals surface area contributed by atoms with E-state index in [1.54, 1.807) is 19.1 Å². The molecule has 5 saturated heterocycles. The van der Waals surface area contributed by atoms with Crippen LogP contribution in [0.1, 0.15) is 107 Å². The molecule has 9 rings (SSSR count). The van der Waals surface area contributed by atoms with Crippen LogP contribution in [0.3, 0.4) is 0 Å². The zero-order chi connectivity index (χ0) is 50.3. The molecule has 19 heteroatoms.